The summed E-state index contributed by atoms with van der Waals surface area (Å²) >= 11 is 0. The lowest BCUT2D eigenvalue weighted by molar-refractivity contribution is -0.186. The quantitative estimate of drug-likeness (QED) is 0.866. The number of rotatable bonds is 4. The summed E-state index contributed by atoms with van der Waals surface area (Å²) < 4.78 is 25.0. The molecule has 1 aromatic carbocycles. The lowest BCUT2D eigenvalue weighted by Gasteiger charge is -2.69. The highest BCUT2D eigenvalue weighted by molar-refractivity contribution is 7.88. The zero-order chi connectivity index (χ0) is 18.4. The van der Waals surface area contributed by atoms with Gasteiger partial charge in [0, 0.05) is 25.9 Å². The zero-order valence-electron chi connectivity index (χ0n) is 14.7. The van der Waals surface area contributed by atoms with Gasteiger partial charge in [-0.3, -0.25) is 4.79 Å². The first-order valence-corrected chi connectivity index (χ1v) is 10.2. The molecule has 0 unspecified atom stereocenters. The van der Waals surface area contributed by atoms with Gasteiger partial charge < -0.3 is 10.0 Å². The summed E-state index contributed by atoms with van der Waals surface area (Å²) in [5.41, 5.74) is 1.55. The van der Waals surface area contributed by atoms with Crippen molar-refractivity contribution in [2.24, 2.45) is 0 Å². The number of aliphatic hydroxyl groups excluding tert-OH is 1. The minimum absolute atomic E-state index is 0.0703. The maximum atomic E-state index is 12.1. The van der Waals surface area contributed by atoms with Crippen LogP contribution in [0.1, 0.15) is 30.9 Å². The number of hydrogen-bond acceptors (Lipinski definition) is 4. The van der Waals surface area contributed by atoms with Crippen LogP contribution in [-0.4, -0.2) is 66.2 Å². The smallest absolute Gasteiger partial charge is 0.220 e. The Morgan fingerprint density at radius 2 is 1.92 bits per heavy atom. The van der Waals surface area contributed by atoms with Crippen molar-refractivity contribution in [2.45, 2.75) is 31.3 Å². The normalized spacial score (nSPS) is 25.8. The predicted molar refractivity (Wildman–Crippen MR) is 96.4 cm³/mol. The van der Waals surface area contributed by atoms with Crippen LogP contribution in [0.15, 0.2) is 30.3 Å². The van der Waals surface area contributed by atoms with Crippen molar-refractivity contribution < 1.29 is 18.3 Å². The van der Waals surface area contributed by atoms with Crippen molar-refractivity contribution in [3.05, 3.63) is 41.5 Å². The number of sulfonamides is 1. The molecule has 0 aromatic heterocycles. The van der Waals surface area contributed by atoms with E-state index in [4.69, 9.17) is 0 Å². The molecule has 7 heteroatoms. The topological polar surface area (TPSA) is 77.9 Å². The summed E-state index contributed by atoms with van der Waals surface area (Å²) in [6, 6.07) is 7.70. The van der Waals surface area contributed by atoms with Crippen molar-refractivity contribution in [1.82, 2.24) is 9.21 Å². The second-order valence-electron chi connectivity index (χ2n) is 6.92. The summed E-state index contributed by atoms with van der Waals surface area (Å²) in [6.45, 7) is 3.85. The van der Waals surface area contributed by atoms with Crippen LogP contribution in [0.2, 0.25) is 0 Å². The van der Waals surface area contributed by atoms with E-state index >= 15 is 0 Å². The third-order valence-electron chi connectivity index (χ3n) is 5.33. The highest BCUT2D eigenvalue weighted by Gasteiger charge is 2.68. The summed E-state index contributed by atoms with van der Waals surface area (Å²) in [6.07, 6.45) is 5.14. The number of amides is 1. The van der Waals surface area contributed by atoms with Crippen LogP contribution in [0.4, 0.5) is 0 Å². The molecule has 3 rings (SSSR count). The van der Waals surface area contributed by atoms with Crippen molar-refractivity contribution >= 4 is 22.0 Å². The van der Waals surface area contributed by atoms with E-state index in [9.17, 15) is 18.3 Å². The molecule has 2 atom stereocenters. The Balaban J connectivity index is 1.94. The fourth-order valence-corrected chi connectivity index (χ4v) is 5.24. The van der Waals surface area contributed by atoms with Gasteiger partial charge in [-0.2, -0.15) is 4.31 Å². The van der Waals surface area contributed by atoms with Gasteiger partial charge in [-0.1, -0.05) is 36.4 Å². The van der Waals surface area contributed by atoms with E-state index in [-0.39, 0.29) is 37.6 Å². The highest BCUT2D eigenvalue weighted by atomic mass is 32.2. The Hall–Kier alpha value is -1.70. The fourth-order valence-electron chi connectivity index (χ4n) is 4.33. The molecule has 0 radical (unpaired) electrons. The van der Waals surface area contributed by atoms with Gasteiger partial charge >= 0.3 is 0 Å². The molecular weight excluding hydrogens is 340 g/mol. The van der Waals surface area contributed by atoms with Crippen molar-refractivity contribution in [3.8, 4) is 0 Å². The van der Waals surface area contributed by atoms with E-state index in [1.54, 1.807) is 4.90 Å². The molecule has 1 amide bonds. The van der Waals surface area contributed by atoms with Gasteiger partial charge in [-0.05, 0) is 18.1 Å². The lowest BCUT2D eigenvalue weighted by Crippen LogP contribution is -2.85. The second-order valence-corrected chi connectivity index (χ2v) is 8.90. The van der Waals surface area contributed by atoms with Gasteiger partial charge in [-0.25, -0.2) is 8.42 Å². The molecule has 1 spiro atoms. The molecule has 1 aromatic rings. The first-order valence-electron chi connectivity index (χ1n) is 8.33. The van der Waals surface area contributed by atoms with E-state index in [0.29, 0.717) is 0 Å². The monoisotopic (exact) mass is 364 g/mol. The number of aliphatic hydroxyl groups is 1. The minimum Gasteiger partial charge on any atom is -0.394 e. The summed E-state index contributed by atoms with van der Waals surface area (Å²) in [7, 11) is -3.28. The van der Waals surface area contributed by atoms with Crippen LogP contribution in [0.3, 0.4) is 0 Å². The van der Waals surface area contributed by atoms with Crippen molar-refractivity contribution in [2.75, 3.05) is 26.0 Å². The number of nitrogens with zero attached hydrogens (tertiary/aromatic N) is 2. The largest absolute Gasteiger partial charge is 0.394 e. The molecular formula is C18H24N2O4S. The van der Waals surface area contributed by atoms with Crippen LogP contribution in [0, 0.1) is 0 Å². The third-order valence-corrected chi connectivity index (χ3v) is 6.52. The lowest BCUT2D eigenvalue weighted by atomic mass is 9.61. The van der Waals surface area contributed by atoms with E-state index in [0.717, 1.165) is 11.1 Å². The number of allylic oxidation sites excluding steroid dienone is 1. The van der Waals surface area contributed by atoms with E-state index in [2.05, 4.69) is 0 Å². The number of carbonyl (C=O) groups excluding carboxylic acids is 1. The van der Waals surface area contributed by atoms with Gasteiger partial charge in [-0.15, -0.1) is 0 Å². The van der Waals surface area contributed by atoms with Crippen LogP contribution in [-0.2, 0) is 14.8 Å². The maximum Gasteiger partial charge on any atom is 0.220 e. The molecule has 6 nitrogen and oxygen atoms in total. The average molecular weight is 364 g/mol. The standard InChI is InChI=1S/C18H24N2O4S/c1-4-5-14-6-8-15(9-7-14)17-16(10-21)20(13(2)22)18(17)11-19(12-18)25(3,23)24/h4-9,16-17,21H,10-12H2,1-3H3/b5-4+/t16-,17-/m0/s1. The first kappa shape index (κ1) is 18.1. The van der Waals surface area contributed by atoms with Gasteiger partial charge in [0.2, 0.25) is 15.9 Å². The summed E-state index contributed by atoms with van der Waals surface area (Å²) in [5.74, 6) is -0.201. The molecule has 1 N–H and O–H groups in total. The van der Waals surface area contributed by atoms with E-state index in [1.807, 2.05) is 43.3 Å². The third kappa shape index (κ3) is 2.80. The number of carbonyl (C=O) groups is 1. The molecule has 2 fully saturated rings. The predicted octanol–water partition coefficient (Wildman–Crippen LogP) is 1.04. The van der Waals surface area contributed by atoms with Gasteiger partial charge in [0.25, 0.3) is 0 Å². The van der Waals surface area contributed by atoms with Crippen LogP contribution >= 0.6 is 0 Å². The first-order chi connectivity index (χ1) is 11.7. The van der Waals surface area contributed by atoms with E-state index in [1.165, 1.54) is 17.5 Å². The summed E-state index contributed by atoms with van der Waals surface area (Å²) in [5, 5.41) is 9.82. The number of hydrogen-bond donors (Lipinski definition) is 1. The van der Waals surface area contributed by atoms with Crippen LogP contribution in [0.5, 0.6) is 0 Å². The van der Waals surface area contributed by atoms with Crippen molar-refractivity contribution in [3.63, 3.8) is 0 Å². The molecule has 2 aliphatic rings. The van der Waals surface area contributed by atoms with Crippen molar-refractivity contribution in [1.29, 1.82) is 0 Å². The SMILES string of the molecule is C/C=C/c1ccc([C@H]2[C@H](CO)N(C(C)=O)C23CN(S(C)(=O)=O)C3)cc1. The second kappa shape index (κ2) is 6.23. The molecule has 2 heterocycles. The Morgan fingerprint density at radius 1 is 1.32 bits per heavy atom. The van der Waals surface area contributed by atoms with Crippen LogP contribution in [0.25, 0.3) is 6.08 Å². The zero-order valence-corrected chi connectivity index (χ0v) is 15.5. The molecule has 2 aliphatic heterocycles. The van der Waals surface area contributed by atoms with Gasteiger partial charge in [0.05, 0.1) is 24.4 Å². The maximum absolute atomic E-state index is 12.1. The molecule has 136 valence electrons. The molecule has 2 saturated heterocycles. The fraction of sp³-hybridized carbons (Fsp3) is 0.500. The van der Waals surface area contributed by atoms with Gasteiger partial charge in [0.15, 0.2) is 0 Å². The van der Waals surface area contributed by atoms with E-state index < -0.39 is 15.6 Å². The average Bonchev–Trinajstić information content (AvgIpc) is 2.45. The van der Waals surface area contributed by atoms with Gasteiger partial charge in [0.1, 0.15) is 0 Å². The minimum atomic E-state index is -3.28. The Kier molecular flexibility index (Phi) is 4.51. The molecule has 0 saturated carbocycles. The Bertz CT molecular complexity index is 795. The molecule has 0 bridgehead atoms. The highest BCUT2D eigenvalue weighted by Crippen LogP contribution is 2.54. The summed E-state index contributed by atoms with van der Waals surface area (Å²) in [4.78, 5) is 13.8. The Morgan fingerprint density at radius 3 is 2.36 bits per heavy atom. The molecule has 25 heavy (non-hydrogen) atoms. The van der Waals surface area contributed by atoms with Crippen LogP contribution < -0.4 is 0 Å². The number of benzene rings is 1. The molecule has 0 aliphatic carbocycles. The number of likely N-dealkylation sites (tertiary alicyclic amines) is 1. The Labute approximate surface area is 148 Å².